The molecule has 0 saturated heterocycles. The van der Waals surface area contributed by atoms with Crippen molar-refractivity contribution in [3.05, 3.63) is 71.4 Å². The number of hydrogen-bond acceptors (Lipinski definition) is 5. The Balaban J connectivity index is 1.42. The van der Waals surface area contributed by atoms with Crippen LogP contribution in [0.2, 0.25) is 0 Å². The van der Waals surface area contributed by atoms with Crippen LogP contribution in [0.15, 0.2) is 52.9 Å². The molecular formula is C17H14FN3O2. The highest BCUT2D eigenvalue weighted by Gasteiger charge is 2.28. The van der Waals surface area contributed by atoms with Gasteiger partial charge in [0.15, 0.2) is 6.10 Å². The van der Waals surface area contributed by atoms with E-state index in [1.54, 1.807) is 6.07 Å². The molecule has 0 amide bonds. The average molecular weight is 311 g/mol. The van der Waals surface area contributed by atoms with Crippen molar-refractivity contribution in [2.45, 2.75) is 19.1 Å². The van der Waals surface area contributed by atoms with Crippen LogP contribution in [0.25, 0.3) is 0 Å². The maximum absolute atomic E-state index is 13.1. The third-order valence-corrected chi connectivity index (χ3v) is 3.70. The predicted molar refractivity (Wildman–Crippen MR) is 81.5 cm³/mol. The molecule has 2 heterocycles. The van der Waals surface area contributed by atoms with Crippen molar-refractivity contribution in [2.75, 3.05) is 5.32 Å². The third kappa shape index (κ3) is 2.88. The minimum absolute atomic E-state index is 0.260. The number of fused-ring (bicyclic) bond motifs is 1. The number of nitrogens with zero attached hydrogens (tertiary/aromatic N) is 2. The van der Waals surface area contributed by atoms with Gasteiger partial charge in [0.2, 0.25) is 0 Å². The Kier molecular flexibility index (Phi) is 3.42. The van der Waals surface area contributed by atoms with Gasteiger partial charge in [0, 0.05) is 13.0 Å². The molecule has 116 valence electrons. The summed E-state index contributed by atoms with van der Waals surface area (Å²) in [6.45, 7) is 0.408. The third-order valence-electron chi connectivity index (χ3n) is 3.70. The van der Waals surface area contributed by atoms with Crippen molar-refractivity contribution in [1.82, 2.24) is 10.2 Å². The Morgan fingerprint density at radius 3 is 2.91 bits per heavy atom. The lowest BCUT2D eigenvalue weighted by molar-refractivity contribution is 0.199. The van der Waals surface area contributed by atoms with Gasteiger partial charge in [-0.2, -0.15) is 0 Å². The molecule has 0 unspecified atom stereocenters. The Morgan fingerprint density at radius 2 is 2.04 bits per heavy atom. The molecule has 0 spiro atoms. The van der Waals surface area contributed by atoms with Gasteiger partial charge in [-0.3, -0.25) is 0 Å². The van der Waals surface area contributed by atoms with Crippen LogP contribution in [0.4, 0.5) is 10.4 Å². The van der Waals surface area contributed by atoms with E-state index in [0.717, 1.165) is 16.9 Å². The number of ether oxygens (including phenoxy) is 1. The second-order valence-electron chi connectivity index (χ2n) is 5.35. The summed E-state index contributed by atoms with van der Waals surface area (Å²) in [5.41, 5.74) is 1.93. The summed E-state index contributed by atoms with van der Waals surface area (Å²) in [7, 11) is 0. The van der Waals surface area contributed by atoms with Gasteiger partial charge < -0.3 is 14.5 Å². The van der Waals surface area contributed by atoms with Gasteiger partial charge in [-0.05, 0) is 29.3 Å². The summed E-state index contributed by atoms with van der Waals surface area (Å²) >= 11 is 0. The number of aromatic nitrogens is 2. The van der Waals surface area contributed by atoms with Gasteiger partial charge in [0.1, 0.15) is 11.6 Å². The number of halogens is 1. The van der Waals surface area contributed by atoms with Crippen molar-refractivity contribution < 1.29 is 13.5 Å². The largest absolute Gasteiger partial charge is 0.480 e. The summed E-state index contributed by atoms with van der Waals surface area (Å²) in [5, 5.41) is 11.0. The molecule has 6 heteroatoms. The Morgan fingerprint density at radius 1 is 1.13 bits per heavy atom. The predicted octanol–water partition coefficient (Wildman–Crippen LogP) is 3.50. The van der Waals surface area contributed by atoms with Crippen LogP contribution in [0, 0.1) is 5.82 Å². The Hall–Kier alpha value is -2.89. The highest BCUT2D eigenvalue weighted by Crippen LogP contribution is 2.36. The molecule has 1 aliphatic rings. The van der Waals surface area contributed by atoms with Gasteiger partial charge in [-0.1, -0.05) is 35.4 Å². The molecule has 0 radical (unpaired) electrons. The van der Waals surface area contributed by atoms with Gasteiger partial charge in [0.25, 0.3) is 5.89 Å². The lowest BCUT2D eigenvalue weighted by Gasteiger charge is -2.05. The van der Waals surface area contributed by atoms with Crippen molar-refractivity contribution in [1.29, 1.82) is 0 Å². The van der Waals surface area contributed by atoms with Crippen LogP contribution in [-0.2, 0) is 13.0 Å². The Bertz CT molecular complexity index is 809. The van der Waals surface area contributed by atoms with E-state index in [2.05, 4.69) is 15.5 Å². The van der Waals surface area contributed by atoms with Gasteiger partial charge in [-0.15, -0.1) is 5.10 Å². The maximum Gasteiger partial charge on any atom is 0.315 e. The van der Waals surface area contributed by atoms with E-state index in [4.69, 9.17) is 9.15 Å². The fraction of sp³-hybridized carbons (Fsp3) is 0.176. The molecule has 0 bridgehead atoms. The Labute approximate surface area is 132 Å². The molecule has 1 aromatic heterocycles. The summed E-state index contributed by atoms with van der Waals surface area (Å²) < 4.78 is 24.5. The van der Waals surface area contributed by atoms with Crippen molar-refractivity contribution in [3.8, 4) is 5.75 Å². The van der Waals surface area contributed by atoms with Gasteiger partial charge >= 0.3 is 6.01 Å². The first kappa shape index (κ1) is 13.8. The van der Waals surface area contributed by atoms with Crippen LogP contribution in [0.3, 0.4) is 0 Å². The highest BCUT2D eigenvalue weighted by atomic mass is 19.1. The van der Waals surface area contributed by atoms with Crippen LogP contribution < -0.4 is 10.1 Å². The first-order valence-electron chi connectivity index (χ1n) is 7.34. The van der Waals surface area contributed by atoms with Crippen LogP contribution in [0.1, 0.15) is 23.1 Å². The smallest absolute Gasteiger partial charge is 0.315 e. The molecule has 5 nitrogen and oxygen atoms in total. The molecule has 23 heavy (non-hydrogen) atoms. The summed E-state index contributed by atoms with van der Waals surface area (Å²) in [6, 6.07) is 14.5. The molecule has 0 fully saturated rings. The fourth-order valence-corrected chi connectivity index (χ4v) is 2.58. The SMILES string of the molecule is Fc1cccc(CNc2nnc([C@@H]3Cc4ccccc4O3)o2)c1. The number of hydrogen-bond donors (Lipinski definition) is 1. The molecule has 1 N–H and O–H groups in total. The number of para-hydroxylation sites is 1. The van der Waals surface area contributed by atoms with Crippen molar-refractivity contribution in [2.24, 2.45) is 0 Å². The normalized spacial score (nSPS) is 16.0. The summed E-state index contributed by atoms with van der Waals surface area (Å²) in [6.07, 6.45) is 0.450. The average Bonchev–Trinajstić information content (AvgIpc) is 3.19. The van der Waals surface area contributed by atoms with E-state index in [9.17, 15) is 4.39 Å². The van der Waals surface area contributed by atoms with Gasteiger partial charge in [-0.25, -0.2) is 4.39 Å². The maximum atomic E-state index is 13.1. The van der Waals surface area contributed by atoms with Crippen LogP contribution in [-0.4, -0.2) is 10.2 Å². The zero-order chi connectivity index (χ0) is 15.6. The van der Waals surface area contributed by atoms with E-state index in [1.807, 2.05) is 30.3 Å². The van der Waals surface area contributed by atoms with Gasteiger partial charge in [0.05, 0.1) is 0 Å². The van der Waals surface area contributed by atoms with E-state index >= 15 is 0 Å². The first-order valence-corrected chi connectivity index (χ1v) is 7.34. The van der Waals surface area contributed by atoms with Crippen molar-refractivity contribution >= 4 is 6.01 Å². The van der Waals surface area contributed by atoms with Crippen LogP contribution in [0.5, 0.6) is 5.75 Å². The zero-order valence-electron chi connectivity index (χ0n) is 12.2. The number of rotatable bonds is 4. The van der Waals surface area contributed by atoms with Crippen molar-refractivity contribution in [3.63, 3.8) is 0 Å². The number of benzene rings is 2. The molecule has 3 aromatic rings. The molecule has 0 aliphatic carbocycles. The van der Waals surface area contributed by atoms with E-state index in [1.165, 1.54) is 12.1 Å². The van der Waals surface area contributed by atoms with E-state index in [-0.39, 0.29) is 11.9 Å². The first-order chi connectivity index (χ1) is 11.3. The minimum Gasteiger partial charge on any atom is -0.480 e. The van der Waals surface area contributed by atoms with E-state index in [0.29, 0.717) is 24.9 Å². The summed E-state index contributed by atoms with van der Waals surface area (Å²) in [4.78, 5) is 0. The second-order valence-corrected chi connectivity index (χ2v) is 5.35. The standard InChI is InChI=1S/C17H14FN3O2/c18-13-6-3-4-11(8-13)10-19-17-21-20-16(23-17)15-9-12-5-1-2-7-14(12)22-15/h1-8,15H,9-10H2,(H,19,21)/t15-/m0/s1. The second kappa shape index (κ2) is 5.72. The zero-order valence-corrected chi connectivity index (χ0v) is 12.2. The van der Waals surface area contributed by atoms with Crippen LogP contribution >= 0.6 is 0 Å². The topological polar surface area (TPSA) is 60.2 Å². The number of anilines is 1. The highest BCUT2D eigenvalue weighted by molar-refractivity contribution is 5.38. The minimum atomic E-state index is -0.271. The number of nitrogens with one attached hydrogen (secondary N) is 1. The molecular weight excluding hydrogens is 297 g/mol. The summed E-state index contributed by atoms with van der Waals surface area (Å²) in [5.74, 6) is 1.01. The molecule has 1 aliphatic heterocycles. The fourth-order valence-electron chi connectivity index (χ4n) is 2.58. The molecule has 0 saturated carbocycles. The quantitative estimate of drug-likeness (QED) is 0.799. The monoisotopic (exact) mass is 311 g/mol. The molecule has 1 atom stereocenters. The van der Waals surface area contributed by atoms with E-state index < -0.39 is 0 Å². The lowest BCUT2D eigenvalue weighted by Crippen LogP contribution is -2.03. The molecule has 2 aromatic carbocycles. The lowest BCUT2D eigenvalue weighted by atomic mass is 10.1. The molecule has 4 rings (SSSR count).